The molecular formula is C27H25FN2O5. The zero-order valence-corrected chi connectivity index (χ0v) is 19.4. The molecule has 1 heterocycles. The Labute approximate surface area is 202 Å². The van der Waals surface area contributed by atoms with Crippen LogP contribution in [0.2, 0.25) is 0 Å². The number of rotatable bonds is 8. The number of nitrogens with zero attached hydrogens (tertiary/aromatic N) is 2. The molecule has 1 aliphatic rings. The molecule has 0 aliphatic carbocycles. The van der Waals surface area contributed by atoms with Crippen molar-refractivity contribution in [3.63, 3.8) is 0 Å². The molecule has 0 aromatic heterocycles. The fourth-order valence-corrected chi connectivity index (χ4v) is 4.18. The van der Waals surface area contributed by atoms with Crippen molar-refractivity contribution in [2.45, 2.75) is 18.9 Å². The lowest BCUT2D eigenvalue weighted by atomic mass is 10.1. The van der Waals surface area contributed by atoms with Gasteiger partial charge < -0.3 is 14.4 Å². The molecule has 35 heavy (non-hydrogen) atoms. The zero-order valence-electron chi connectivity index (χ0n) is 19.4. The van der Waals surface area contributed by atoms with Gasteiger partial charge >= 0.3 is 0 Å². The van der Waals surface area contributed by atoms with Crippen LogP contribution in [-0.4, -0.2) is 49.4 Å². The van der Waals surface area contributed by atoms with Crippen molar-refractivity contribution in [3.05, 3.63) is 89.7 Å². The SMILES string of the molecule is COc1ccc(CCN(C(=O)c2ccccc2F)C2CC(=O)N(c3ccccc3)C2=O)cc1OC. The summed E-state index contributed by atoms with van der Waals surface area (Å²) in [5.74, 6) is -1.18. The summed E-state index contributed by atoms with van der Waals surface area (Å²) < 4.78 is 25.1. The standard InChI is InChI=1S/C27H25FN2O5/c1-34-23-13-12-18(16-24(23)35-2)14-15-29(26(32)20-10-6-7-11-21(20)28)22-17-25(31)30(27(22)33)19-8-4-3-5-9-19/h3-13,16,22H,14-15,17H2,1-2H3. The van der Waals surface area contributed by atoms with E-state index in [0.717, 1.165) is 10.5 Å². The molecule has 0 N–H and O–H groups in total. The van der Waals surface area contributed by atoms with Crippen LogP contribution in [0.3, 0.4) is 0 Å². The quantitative estimate of drug-likeness (QED) is 0.462. The number of ether oxygens (including phenoxy) is 2. The van der Waals surface area contributed by atoms with E-state index in [-0.39, 0.29) is 18.5 Å². The lowest BCUT2D eigenvalue weighted by Crippen LogP contribution is -2.46. The van der Waals surface area contributed by atoms with E-state index >= 15 is 0 Å². The number of methoxy groups -OCH3 is 2. The van der Waals surface area contributed by atoms with Crippen molar-refractivity contribution >= 4 is 23.4 Å². The van der Waals surface area contributed by atoms with Gasteiger partial charge in [0.15, 0.2) is 11.5 Å². The monoisotopic (exact) mass is 476 g/mol. The highest BCUT2D eigenvalue weighted by Crippen LogP contribution is 2.29. The lowest BCUT2D eigenvalue weighted by molar-refractivity contribution is -0.122. The van der Waals surface area contributed by atoms with E-state index < -0.39 is 29.6 Å². The molecule has 0 spiro atoms. The Bertz CT molecular complexity index is 1250. The van der Waals surface area contributed by atoms with Crippen molar-refractivity contribution in [2.75, 3.05) is 25.7 Å². The maximum Gasteiger partial charge on any atom is 0.257 e. The van der Waals surface area contributed by atoms with E-state index in [1.807, 2.05) is 6.07 Å². The summed E-state index contributed by atoms with van der Waals surface area (Å²) in [6, 6.07) is 18.5. The van der Waals surface area contributed by atoms with Crippen LogP contribution < -0.4 is 14.4 Å². The first kappa shape index (κ1) is 23.9. The average molecular weight is 477 g/mol. The molecule has 0 bridgehead atoms. The van der Waals surface area contributed by atoms with Crippen LogP contribution in [0.4, 0.5) is 10.1 Å². The summed E-state index contributed by atoms with van der Waals surface area (Å²) in [5.41, 5.74) is 1.10. The first-order chi connectivity index (χ1) is 16.9. The summed E-state index contributed by atoms with van der Waals surface area (Å²) in [6.45, 7) is 0.0922. The highest BCUT2D eigenvalue weighted by Gasteiger charge is 2.44. The van der Waals surface area contributed by atoms with Gasteiger partial charge in [0, 0.05) is 6.54 Å². The molecule has 3 amide bonds. The number of hydrogen-bond acceptors (Lipinski definition) is 5. The maximum atomic E-state index is 14.5. The number of hydrogen-bond donors (Lipinski definition) is 0. The van der Waals surface area contributed by atoms with Gasteiger partial charge in [-0.2, -0.15) is 0 Å². The number of para-hydroxylation sites is 1. The van der Waals surface area contributed by atoms with E-state index in [1.54, 1.807) is 48.5 Å². The Kier molecular flexibility index (Phi) is 7.10. The second-order valence-corrected chi connectivity index (χ2v) is 8.04. The fourth-order valence-electron chi connectivity index (χ4n) is 4.18. The maximum absolute atomic E-state index is 14.5. The van der Waals surface area contributed by atoms with E-state index in [0.29, 0.717) is 23.6 Å². The molecule has 3 aromatic carbocycles. The Morgan fingerprint density at radius 2 is 1.66 bits per heavy atom. The van der Waals surface area contributed by atoms with Crippen molar-refractivity contribution in [2.24, 2.45) is 0 Å². The fraction of sp³-hybridized carbons (Fsp3) is 0.222. The Morgan fingerprint density at radius 3 is 2.34 bits per heavy atom. The average Bonchev–Trinajstić information content (AvgIpc) is 3.17. The van der Waals surface area contributed by atoms with Gasteiger partial charge in [0.2, 0.25) is 5.91 Å². The van der Waals surface area contributed by atoms with Crippen molar-refractivity contribution in [3.8, 4) is 11.5 Å². The minimum absolute atomic E-state index is 0.0922. The minimum atomic E-state index is -1.05. The van der Waals surface area contributed by atoms with Crippen LogP contribution >= 0.6 is 0 Å². The summed E-state index contributed by atoms with van der Waals surface area (Å²) in [4.78, 5) is 42.0. The molecule has 0 radical (unpaired) electrons. The van der Waals surface area contributed by atoms with Gasteiger partial charge in [-0.15, -0.1) is 0 Å². The molecule has 8 heteroatoms. The first-order valence-electron chi connectivity index (χ1n) is 11.1. The summed E-state index contributed by atoms with van der Waals surface area (Å²) in [6.07, 6.45) is 0.170. The molecule has 1 atom stereocenters. The number of amides is 3. The highest BCUT2D eigenvalue weighted by molar-refractivity contribution is 6.23. The molecule has 1 saturated heterocycles. The van der Waals surface area contributed by atoms with Gasteiger partial charge in [-0.1, -0.05) is 36.4 Å². The number of carbonyl (C=O) groups is 3. The Balaban J connectivity index is 1.65. The number of carbonyl (C=O) groups excluding carboxylic acids is 3. The predicted octanol–water partition coefficient (Wildman–Crippen LogP) is 3.86. The first-order valence-corrected chi connectivity index (χ1v) is 11.1. The van der Waals surface area contributed by atoms with Crippen molar-refractivity contribution in [1.29, 1.82) is 0 Å². The summed E-state index contributed by atoms with van der Waals surface area (Å²) >= 11 is 0. The second-order valence-electron chi connectivity index (χ2n) is 8.04. The van der Waals surface area contributed by atoms with Crippen LogP contribution in [0.25, 0.3) is 0 Å². The molecule has 180 valence electrons. The van der Waals surface area contributed by atoms with Gasteiger partial charge in [-0.25, -0.2) is 9.29 Å². The predicted molar refractivity (Wildman–Crippen MR) is 128 cm³/mol. The summed E-state index contributed by atoms with van der Waals surface area (Å²) in [7, 11) is 3.06. The van der Waals surface area contributed by atoms with E-state index in [9.17, 15) is 18.8 Å². The van der Waals surface area contributed by atoms with Crippen molar-refractivity contribution in [1.82, 2.24) is 4.90 Å². The van der Waals surface area contributed by atoms with Gasteiger partial charge in [0.25, 0.3) is 11.8 Å². The smallest absolute Gasteiger partial charge is 0.257 e. The molecule has 4 rings (SSSR count). The molecular weight excluding hydrogens is 451 g/mol. The van der Waals surface area contributed by atoms with Crippen LogP contribution in [0.5, 0.6) is 11.5 Å². The van der Waals surface area contributed by atoms with Crippen molar-refractivity contribution < 1.29 is 28.2 Å². The number of halogens is 1. The van der Waals surface area contributed by atoms with Crippen LogP contribution in [0.15, 0.2) is 72.8 Å². The van der Waals surface area contributed by atoms with Gasteiger partial charge in [-0.05, 0) is 48.4 Å². The Morgan fingerprint density at radius 1 is 0.971 bits per heavy atom. The largest absolute Gasteiger partial charge is 0.493 e. The third kappa shape index (κ3) is 4.87. The minimum Gasteiger partial charge on any atom is -0.493 e. The molecule has 1 aliphatic heterocycles. The van der Waals surface area contributed by atoms with Gasteiger partial charge in [0.1, 0.15) is 11.9 Å². The lowest BCUT2D eigenvalue weighted by Gasteiger charge is -2.28. The van der Waals surface area contributed by atoms with Crippen LogP contribution in [0, 0.1) is 5.82 Å². The second kappa shape index (κ2) is 10.4. The molecule has 0 saturated carbocycles. The topological polar surface area (TPSA) is 76.2 Å². The zero-order chi connectivity index (χ0) is 24.9. The van der Waals surface area contributed by atoms with E-state index in [1.165, 1.54) is 37.3 Å². The van der Waals surface area contributed by atoms with Crippen LogP contribution in [0.1, 0.15) is 22.3 Å². The highest BCUT2D eigenvalue weighted by atomic mass is 19.1. The van der Waals surface area contributed by atoms with E-state index in [2.05, 4.69) is 0 Å². The number of benzene rings is 3. The van der Waals surface area contributed by atoms with Gasteiger partial charge in [-0.3, -0.25) is 14.4 Å². The molecule has 3 aromatic rings. The molecule has 1 fully saturated rings. The number of imide groups is 1. The normalized spacial score (nSPS) is 15.3. The van der Waals surface area contributed by atoms with Gasteiger partial charge in [0.05, 0.1) is 31.9 Å². The summed E-state index contributed by atoms with van der Waals surface area (Å²) in [5, 5.41) is 0. The Hall–Kier alpha value is -4.20. The third-order valence-electron chi connectivity index (χ3n) is 5.97. The molecule has 7 nitrogen and oxygen atoms in total. The molecule has 1 unspecified atom stereocenters. The van der Waals surface area contributed by atoms with Crippen LogP contribution in [-0.2, 0) is 16.0 Å². The third-order valence-corrected chi connectivity index (χ3v) is 5.97. The number of anilines is 1. The van der Waals surface area contributed by atoms with E-state index in [4.69, 9.17) is 9.47 Å².